The summed E-state index contributed by atoms with van der Waals surface area (Å²) >= 11 is 0. The predicted molar refractivity (Wildman–Crippen MR) is 74.9 cm³/mol. The minimum Gasteiger partial charge on any atom is -0.746 e. The highest BCUT2D eigenvalue weighted by Crippen LogP contribution is 2.39. The molecule has 0 N–H and O–H groups in total. The summed E-state index contributed by atoms with van der Waals surface area (Å²) in [5, 5.41) is 0. The minimum atomic E-state index is -4.26. The molecule has 0 aliphatic carbocycles. The van der Waals surface area contributed by atoms with Crippen LogP contribution < -0.4 is 9.42 Å². The Balaban J connectivity index is 0.00000154. The van der Waals surface area contributed by atoms with Crippen LogP contribution in [0.3, 0.4) is 0 Å². The second-order valence-corrected chi connectivity index (χ2v) is 6.03. The normalized spacial score (nSPS) is 14.0. The Hall–Kier alpha value is -0.870. The van der Waals surface area contributed by atoms with Crippen LogP contribution in [-0.4, -0.2) is 38.8 Å². The van der Waals surface area contributed by atoms with Crippen molar-refractivity contribution in [2.45, 2.75) is 13.8 Å². The molecule has 0 spiro atoms. The highest BCUT2D eigenvalue weighted by atomic mass is 31.2. The number of hydrogen-bond acceptors (Lipinski definition) is 4. The predicted octanol–water partition coefficient (Wildman–Crippen LogP) is 2.28. The molecular weight excluding hydrogens is 265 g/mol. The number of nitrogens with zero attached hydrogens (tertiary/aromatic N) is 1. The third-order valence-electron chi connectivity index (χ3n) is 1.97. The molecule has 1 unspecified atom stereocenters. The van der Waals surface area contributed by atoms with E-state index in [9.17, 15) is 9.46 Å². The van der Waals surface area contributed by atoms with E-state index in [1.165, 1.54) is 0 Å². The Bertz CT molecular complexity index is 389. The van der Waals surface area contributed by atoms with Gasteiger partial charge in [-0.1, -0.05) is 32.0 Å². The summed E-state index contributed by atoms with van der Waals surface area (Å²) in [5.41, 5.74) is 0. The molecular formula is C13H24NO4P. The number of hydrogen-bond donors (Lipinski definition) is 0. The van der Waals surface area contributed by atoms with E-state index in [1.807, 2.05) is 35.0 Å². The molecule has 19 heavy (non-hydrogen) atoms. The second kappa shape index (κ2) is 8.33. The zero-order valence-corrected chi connectivity index (χ0v) is 13.2. The van der Waals surface area contributed by atoms with Crippen LogP contribution in [0.4, 0.5) is 0 Å². The fourth-order valence-electron chi connectivity index (χ4n) is 1.06. The Morgan fingerprint density at radius 3 is 2.16 bits per heavy atom. The van der Waals surface area contributed by atoms with E-state index in [0.29, 0.717) is 11.0 Å². The second-order valence-electron chi connectivity index (χ2n) is 4.70. The van der Waals surface area contributed by atoms with Crippen molar-refractivity contribution in [1.29, 1.82) is 0 Å². The van der Waals surface area contributed by atoms with Gasteiger partial charge in [0.15, 0.2) is 0 Å². The molecule has 0 fully saturated rings. The fraction of sp³-hybridized carbons (Fsp3) is 0.538. The molecule has 6 heteroatoms. The number of para-hydroxylation sites is 1. The fourth-order valence-corrected chi connectivity index (χ4v) is 1.80. The summed E-state index contributed by atoms with van der Waals surface area (Å²) in [6.45, 7) is 4.70. The van der Waals surface area contributed by atoms with Crippen LogP contribution >= 0.6 is 7.82 Å². The van der Waals surface area contributed by atoms with Crippen molar-refractivity contribution in [2.24, 2.45) is 0 Å². The van der Waals surface area contributed by atoms with E-state index >= 15 is 0 Å². The van der Waals surface area contributed by atoms with Gasteiger partial charge in [-0.15, -0.1) is 0 Å². The van der Waals surface area contributed by atoms with Crippen LogP contribution in [0.2, 0.25) is 0 Å². The number of benzene rings is 1. The van der Waals surface area contributed by atoms with Gasteiger partial charge in [0.25, 0.3) is 0 Å². The van der Waals surface area contributed by atoms with Crippen molar-refractivity contribution in [2.75, 3.05) is 34.3 Å². The lowest BCUT2D eigenvalue weighted by Crippen LogP contribution is -2.37. The van der Waals surface area contributed by atoms with E-state index in [1.54, 1.807) is 30.3 Å². The largest absolute Gasteiger partial charge is 0.746 e. The van der Waals surface area contributed by atoms with Gasteiger partial charge in [0, 0.05) is 0 Å². The molecule has 1 rings (SSSR count). The zero-order chi connectivity index (χ0) is 14.9. The maximum absolute atomic E-state index is 11.5. The van der Waals surface area contributed by atoms with Gasteiger partial charge in [0.05, 0.1) is 21.1 Å². The van der Waals surface area contributed by atoms with Crippen LogP contribution in [0.15, 0.2) is 30.3 Å². The topological polar surface area (TPSA) is 58.6 Å². The SMILES string of the molecule is CC.C[N+](C)(C)CCOP(=O)([O-])Oc1ccccc1. The number of rotatable bonds is 6. The van der Waals surface area contributed by atoms with E-state index in [2.05, 4.69) is 0 Å². The highest BCUT2D eigenvalue weighted by molar-refractivity contribution is 7.46. The molecule has 0 saturated carbocycles. The van der Waals surface area contributed by atoms with Crippen molar-refractivity contribution in [1.82, 2.24) is 0 Å². The van der Waals surface area contributed by atoms with E-state index in [0.717, 1.165) is 0 Å². The van der Waals surface area contributed by atoms with Gasteiger partial charge in [-0.05, 0) is 12.1 Å². The van der Waals surface area contributed by atoms with Gasteiger partial charge in [0.1, 0.15) is 18.9 Å². The van der Waals surface area contributed by atoms with Crippen molar-refractivity contribution in [3.8, 4) is 5.75 Å². The molecule has 0 heterocycles. The van der Waals surface area contributed by atoms with Gasteiger partial charge in [0.2, 0.25) is 0 Å². The first-order valence-corrected chi connectivity index (χ1v) is 7.75. The molecule has 0 amide bonds. The summed E-state index contributed by atoms with van der Waals surface area (Å²) in [4.78, 5) is 11.5. The molecule has 1 aromatic carbocycles. The molecule has 0 aliphatic heterocycles. The number of phosphoric acid groups is 1. The standard InChI is InChI=1S/C11H18NO4P.C2H6/c1-12(2,3)9-10-15-17(13,14)16-11-7-5-4-6-8-11;1-2/h4-8H,9-10H2,1-3H3;1-2H3. The van der Waals surface area contributed by atoms with Crippen LogP contribution in [-0.2, 0) is 9.09 Å². The number of likely N-dealkylation sites (N-methyl/N-ethyl adjacent to an activating group) is 1. The molecule has 0 aromatic heterocycles. The molecule has 1 atom stereocenters. The first-order valence-electron chi connectivity index (χ1n) is 6.29. The van der Waals surface area contributed by atoms with Crippen molar-refractivity contribution in [3.05, 3.63) is 30.3 Å². The van der Waals surface area contributed by atoms with Crippen molar-refractivity contribution >= 4 is 7.82 Å². The summed E-state index contributed by atoms with van der Waals surface area (Å²) in [7, 11) is 1.61. The first-order chi connectivity index (χ1) is 8.79. The number of phosphoric ester groups is 1. The Morgan fingerprint density at radius 2 is 1.68 bits per heavy atom. The van der Waals surface area contributed by atoms with Crippen LogP contribution in [0, 0.1) is 0 Å². The average Bonchev–Trinajstić information content (AvgIpc) is 2.30. The molecule has 110 valence electrons. The Morgan fingerprint density at radius 1 is 1.16 bits per heavy atom. The first kappa shape index (κ1) is 18.1. The summed E-state index contributed by atoms with van der Waals surface area (Å²) in [5.74, 6) is 0.260. The van der Waals surface area contributed by atoms with Crippen LogP contribution in [0.5, 0.6) is 5.75 Å². The lowest BCUT2D eigenvalue weighted by atomic mass is 10.3. The quantitative estimate of drug-likeness (QED) is 0.595. The van der Waals surface area contributed by atoms with Gasteiger partial charge < -0.3 is 18.4 Å². The third-order valence-corrected chi connectivity index (χ3v) is 2.91. The van der Waals surface area contributed by atoms with Crippen molar-refractivity contribution < 1.29 is 23.0 Å². The highest BCUT2D eigenvalue weighted by Gasteiger charge is 2.14. The monoisotopic (exact) mass is 289 g/mol. The molecule has 5 nitrogen and oxygen atoms in total. The minimum absolute atomic E-state index is 0.108. The lowest BCUT2D eigenvalue weighted by Gasteiger charge is -2.27. The Kier molecular flexibility index (Phi) is 7.95. The van der Waals surface area contributed by atoms with Gasteiger partial charge >= 0.3 is 7.82 Å². The smallest absolute Gasteiger partial charge is 0.319 e. The summed E-state index contributed by atoms with van der Waals surface area (Å²) in [6, 6.07) is 8.30. The molecule has 1 aromatic rings. The van der Waals surface area contributed by atoms with Gasteiger partial charge in [-0.25, -0.2) is 0 Å². The maximum atomic E-state index is 11.5. The van der Waals surface area contributed by atoms with Gasteiger partial charge in [-0.2, -0.15) is 0 Å². The van der Waals surface area contributed by atoms with E-state index < -0.39 is 7.82 Å². The summed E-state index contributed by atoms with van der Waals surface area (Å²) < 4.78 is 21.7. The molecule has 0 saturated heterocycles. The van der Waals surface area contributed by atoms with E-state index in [4.69, 9.17) is 9.05 Å². The lowest BCUT2D eigenvalue weighted by molar-refractivity contribution is -0.870. The van der Waals surface area contributed by atoms with E-state index in [-0.39, 0.29) is 12.4 Å². The van der Waals surface area contributed by atoms with Gasteiger partial charge in [-0.3, -0.25) is 4.57 Å². The zero-order valence-electron chi connectivity index (χ0n) is 12.3. The molecule has 0 bridgehead atoms. The number of quaternary nitrogens is 1. The average molecular weight is 289 g/mol. The van der Waals surface area contributed by atoms with Crippen molar-refractivity contribution in [3.63, 3.8) is 0 Å². The van der Waals surface area contributed by atoms with Crippen LogP contribution in [0.25, 0.3) is 0 Å². The molecule has 0 radical (unpaired) electrons. The molecule has 0 aliphatic rings. The third kappa shape index (κ3) is 9.68. The maximum Gasteiger partial charge on any atom is 0.319 e. The summed E-state index contributed by atoms with van der Waals surface area (Å²) in [6.07, 6.45) is 0. The van der Waals surface area contributed by atoms with Crippen LogP contribution in [0.1, 0.15) is 13.8 Å². The Labute approximate surface area is 116 Å².